The molecule has 0 saturated carbocycles. The molecule has 2 aromatic heterocycles. The maximum Gasteiger partial charge on any atom is 0.193 e. The minimum absolute atomic E-state index is 0.437. The van der Waals surface area contributed by atoms with E-state index >= 15 is 0 Å². The Labute approximate surface area is 111 Å². The van der Waals surface area contributed by atoms with Crippen LogP contribution < -0.4 is 0 Å². The van der Waals surface area contributed by atoms with E-state index in [4.69, 9.17) is 0 Å². The Hall–Kier alpha value is -0.910. The molecule has 3 rings (SSSR count). The van der Waals surface area contributed by atoms with Crippen molar-refractivity contribution in [3.8, 4) is 0 Å². The van der Waals surface area contributed by atoms with Crippen LogP contribution >= 0.6 is 11.3 Å². The summed E-state index contributed by atoms with van der Waals surface area (Å²) in [5, 5.41) is 12.7. The first kappa shape index (κ1) is 12.1. The van der Waals surface area contributed by atoms with E-state index in [9.17, 15) is 5.11 Å². The summed E-state index contributed by atoms with van der Waals surface area (Å²) in [5.41, 5.74) is 0.414. The van der Waals surface area contributed by atoms with E-state index in [2.05, 4.69) is 23.9 Å². The van der Waals surface area contributed by atoms with Crippen molar-refractivity contribution in [3.63, 3.8) is 0 Å². The molecule has 0 spiro atoms. The second kappa shape index (κ2) is 4.33. The van der Waals surface area contributed by atoms with Crippen LogP contribution in [0.3, 0.4) is 0 Å². The normalized spacial score (nSPS) is 30.1. The fourth-order valence-corrected chi connectivity index (χ4v) is 3.49. The number of imidazole rings is 1. The van der Waals surface area contributed by atoms with E-state index in [1.807, 2.05) is 22.2 Å². The second-order valence-electron chi connectivity index (χ2n) is 5.51. The van der Waals surface area contributed by atoms with Crippen LogP contribution in [0.25, 0.3) is 4.96 Å². The quantitative estimate of drug-likeness (QED) is 0.900. The lowest BCUT2D eigenvalue weighted by Crippen LogP contribution is -2.48. The maximum absolute atomic E-state index is 10.7. The molecular formula is C13H19N3OS. The van der Waals surface area contributed by atoms with Gasteiger partial charge in [-0.3, -0.25) is 4.40 Å². The summed E-state index contributed by atoms with van der Waals surface area (Å²) in [4.78, 5) is 7.88. The van der Waals surface area contributed by atoms with E-state index in [1.165, 1.54) is 0 Å². The molecule has 2 aromatic rings. The maximum atomic E-state index is 10.7. The van der Waals surface area contributed by atoms with Crippen LogP contribution in [0.4, 0.5) is 0 Å². The summed E-state index contributed by atoms with van der Waals surface area (Å²) < 4.78 is 2.03. The molecule has 5 heteroatoms. The van der Waals surface area contributed by atoms with Gasteiger partial charge in [0, 0.05) is 36.8 Å². The fraction of sp³-hybridized carbons (Fsp3) is 0.615. The van der Waals surface area contributed by atoms with Crippen molar-refractivity contribution in [2.24, 2.45) is 0 Å². The molecule has 2 atom stereocenters. The zero-order valence-electron chi connectivity index (χ0n) is 10.8. The van der Waals surface area contributed by atoms with E-state index in [1.54, 1.807) is 11.3 Å². The average Bonchev–Trinajstić information content (AvgIpc) is 2.84. The SMILES string of the molecule is CC1CC(O)(Cc2cn3ccsc3n2)CCN1C. The molecule has 1 N–H and O–H groups in total. The number of hydrogen-bond donors (Lipinski definition) is 1. The highest BCUT2D eigenvalue weighted by Crippen LogP contribution is 2.29. The van der Waals surface area contributed by atoms with Gasteiger partial charge in [-0.1, -0.05) is 0 Å². The van der Waals surface area contributed by atoms with Gasteiger partial charge in [-0.05, 0) is 26.8 Å². The molecule has 1 aliphatic heterocycles. The lowest BCUT2D eigenvalue weighted by atomic mass is 9.84. The number of aromatic nitrogens is 2. The van der Waals surface area contributed by atoms with Gasteiger partial charge >= 0.3 is 0 Å². The van der Waals surface area contributed by atoms with Crippen LogP contribution in [0.15, 0.2) is 17.8 Å². The van der Waals surface area contributed by atoms with Crippen LogP contribution in [0.1, 0.15) is 25.5 Å². The van der Waals surface area contributed by atoms with Gasteiger partial charge < -0.3 is 10.0 Å². The minimum Gasteiger partial charge on any atom is -0.389 e. The average molecular weight is 265 g/mol. The first-order valence-electron chi connectivity index (χ1n) is 6.39. The number of piperidine rings is 1. The van der Waals surface area contributed by atoms with E-state index < -0.39 is 5.60 Å². The number of hydrogen-bond acceptors (Lipinski definition) is 4. The van der Waals surface area contributed by atoms with Crippen LogP contribution in [0, 0.1) is 0 Å². The first-order valence-corrected chi connectivity index (χ1v) is 7.27. The third kappa shape index (κ3) is 2.18. The zero-order chi connectivity index (χ0) is 12.8. The monoisotopic (exact) mass is 265 g/mol. The molecule has 3 heterocycles. The smallest absolute Gasteiger partial charge is 0.193 e. The number of aliphatic hydroxyl groups is 1. The van der Waals surface area contributed by atoms with Crippen molar-refractivity contribution in [1.82, 2.24) is 14.3 Å². The Morgan fingerprint density at radius 2 is 2.44 bits per heavy atom. The molecule has 18 heavy (non-hydrogen) atoms. The number of rotatable bonds is 2. The van der Waals surface area contributed by atoms with Gasteiger partial charge in [0.05, 0.1) is 11.3 Å². The number of likely N-dealkylation sites (tertiary alicyclic amines) is 1. The Morgan fingerprint density at radius 1 is 1.61 bits per heavy atom. The highest BCUT2D eigenvalue weighted by atomic mass is 32.1. The summed E-state index contributed by atoms with van der Waals surface area (Å²) >= 11 is 1.63. The minimum atomic E-state index is -0.587. The lowest BCUT2D eigenvalue weighted by molar-refractivity contribution is -0.0359. The largest absolute Gasteiger partial charge is 0.389 e. The molecule has 0 radical (unpaired) electrons. The molecule has 0 aliphatic carbocycles. The molecule has 1 saturated heterocycles. The fourth-order valence-electron chi connectivity index (χ4n) is 2.77. The number of nitrogens with zero attached hydrogens (tertiary/aromatic N) is 3. The molecule has 2 unspecified atom stereocenters. The molecule has 98 valence electrons. The third-order valence-electron chi connectivity index (χ3n) is 4.01. The Morgan fingerprint density at radius 3 is 3.17 bits per heavy atom. The standard InChI is InChI=1S/C13H19N3OS/c1-10-7-13(17,3-4-15(10)2)8-11-9-16-5-6-18-12(16)14-11/h5-6,9-10,17H,3-4,7-8H2,1-2H3. The van der Waals surface area contributed by atoms with Crippen molar-refractivity contribution in [1.29, 1.82) is 0 Å². The molecule has 0 aromatic carbocycles. The van der Waals surface area contributed by atoms with Crippen LogP contribution in [-0.2, 0) is 6.42 Å². The third-order valence-corrected chi connectivity index (χ3v) is 4.78. The molecule has 0 amide bonds. The van der Waals surface area contributed by atoms with E-state index in [0.717, 1.165) is 30.0 Å². The summed E-state index contributed by atoms with van der Waals surface area (Å²) in [6, 6.07) is 0.437. The summed E-state index contributed by atoms with van der Waals surface area (Å²) in [5.74, 6) is 0. The van der Waals surface area contributed by atoms with Gasteiger partial charge in [0.2, 0.25) is 0 Å². The van der Waals surface area contributed by atoms with Crippen LogP contribution in [0.2, 0.25) is 0 Å². The van der Waals surface area contributed by atoms with Gasteiger partial charge in [0.15, 0.2) is 4.96 Å². The summed E-state index contributed by atoms with van der Waals surface area (Å²) in [6.07, 6.45) is 6.37. The van der Waals surface area contributed by atoms with Gasteiger partial charge in [0.25, 0.3) is 0 Å². The van der Waals surface area contributed by atoms with Gasteiger partial charge in [-0.15, -0.1) is 11.3 Å². The molecule has 1 aliphatic rings. The van der Waals surface area contributed by atoms with Crippen molar-refractivity contribution in [3.05, 3.63) is 23.5 Å². The first-order chi connectivity index (χ1) is 8.56. The highest BCUT2D eigenvalue weighted by Gasteiger charge is 2.35. The van der Waals surface area contributed by atoms with Crippen molar-refractivity contribution < 1.29 is 5.11 Å². The molecular weight excluding hydrogens is 246 g/mol. The molecule has 4 nitrogen and oxygen atoms in total. The topological polar surface area (TPSA) is 40.8 Å². The number of fused-ring (bicyclic) bond motifs is 1. The predicted molar refractivity (Wildman–Crippen MR) is 73.0 cm³/mol. The highest BCUT2D eigenvalue weighted by molar-refractivity contribution is 7.15. The van der Waals surface area contributed by atoms with Gasteiger partial charge in [0.1, 0.15) is 0 Å². The van der Waals surface area contributed by atoms with Gasteiger partial charge in [-0.25, -0.2) is 4.98 Å². The lowest BCUT2D eigenvalue weighted by Gasteiger charge is -2.40. The van der Waals surface area contributed by atoms with E-state index in [0.29, 0.717) is 12.5 Å². The van der Waals surface area contributed by atoms with Crippen molar-refractivity contribution in [2.45, 2.75) is 37.8 Å². The zero-order valence-corrected chi connectivity index (χ0v) is 11.7. The van der Waals surface area contributed by atoms with Gasteiger partial charge in [-0.2, -0.15) is 0 Å². The van der Waals surface area contributed by atoms with Crippen LogP contribution in [0.5, 0.6) is 0 Å². The summed E-state index contributed by atoms with van der Waals surface area (Å²) in [6.45, 7) is 3.13. The number of thiazole rings is 1. The van der Waals surface area contributed by atoms with Crippen LogP contribution in [-0.4, -0.2) is 44.6 Å². The predicted octanol–water partition coefficient (Wildman–Crippen LogP) is 1.78. The molecule has 0 bridgehead atoms. The molecule has 1 fully saturated rings. The van der Waals surface area contributed by atoms with E-state index in [-0.39, 0.29) is 0 Å². The second-order valence-corrected chi connectivity index (χ2v) is 6.38. The Balaban J connectivity index is 1.77. The Bertz CT molecular complexity index is 521. The van der Waals surface area contributed by atoms with Crippen molar-refractivity contribution >= 4 is 16.3 Å². The summed E-state index contributed by atoms with van der Waals surface area (Å²) in [7, 11) is 2.12. The van der Waals surface area contributed by atoms with Crippen molar-refractivity contribution in [2.75, 3.05) is 13.6 Å². The Kier molecular flexibility index (Phi) is 2.92.